The minimum atomic E-state index is -1.61. The number of benzene rings is 7. The molecule has 2 heterocycles. The van der Waals surface area contributed by atoms with Crippen molar-refractivity contribution < 1.29 is 22.3 Å². The molecule has 0 radical (unpaired) electrons. The van der Waals surface area contributed by atoms with Gasteiger partial charge in [0.15, 0.2) is 23.3 Å². The van der Waals surface area contributed by atoms with E-state index in [1.54, 1.807) is 22.8 Å². The Kier molecular flexibility index (Phi) is 8.63. The Hall–Kier alpha value is -7.06. The molecule has 0 unspecified atom stereocenters. The molecule has 0 amide bonds. The first-order valence-corrected chi connectivity index (χ1v) is 17.6. The number of hydrogen-bond donors (Lipinski definition) is 0. The Labute approximate surface area is 314 Å². The number of nitrogens with zero attached hydrogens (tertiary/aromatic N) is 3. The van der Waals surface area contributed by atoms with E-state index in [1.807, 2.05) is 146 Å². The summed E-state index contributed by atoms with van der Waals surface area (Å²) in [5.74, 6) is -5.90. The normalized spacial score (nSPS) is 13.1. The molecule has 0 saturated heterocycles. The standard InChI is InChI=1S/C47H29F4N3O/c48-37-28-38(49)44(51)42(43(37)50)47-54-39-24-22-34(52-45(29-13-5-1-6-14-29)30-15-7-2-8-16-30)25-33(39)26-40(54)36-23-21-35(27-41(36)55-47)53-46(31-17-9-3-10-18-31)32-19-11-4-12-20-32/h1-28,47H/t47-/m0/s1. The zero-order chi connectivity index (χ0) is 37.5. The summed E-state index contributed by atoms with van der Waals surface area (Å²) in [6.07, 6.45) is -1.61. The maximum atomic E-state index is 15.6. The Morgan fingerprint density at radius 1 is 0.491 bits per heavy atom. The molecule has 1 aliphatic rings. The van der Waals surface area contributed by atoms with Gasteiger partial charge >= 0.3 is 0 Å². The molecular formula is C47H29F4N3O. The SMILES string of the molecule is Fc1cc(F)c(F)c([C@@H]2Oc3cc(N=C(c4ccccc4)c4ccccc4)ccc3-c3cc4cc(N=C(c5ccccc5)c5ccccc5)ccc4n32)c1F. The molecule has 4 nitrogen and oxygen atoms in total. The highest BCUT2D eigenvalue weighted by Crippen LogP contribution is 2.47. The van der Waals surface area contributed by atoms with Gasteiger partial charge < -0.3 is 9.30 Å². The predicted octanol–water partition coefficient (Wildman–Crippen LogP) is 12.1. The van der Waals surface area contributed by atoms with Crippen LogP contribution in [0, 0.1) is 23.3 Å². The zero-order valence-electron chi connectivity index (χ0n) is 29.0. The predicted molar refractivity (Wildman–Crippen MR) is 209 cm³/mol. The third kappa shape index (κ3) is 6.27. The minimum Gasteiger partial charge on any atom is -0.465 e. The average Bonchev–Trinajstić information content (AvgIpc) is 3.62. The van der Waals surface area contributed by atoms with Crippen LogP contribution in [-0.4, -0.2) is 16.0 Å². The number of fused-ring (bicyclic) bond motifs is 5. The molecule has 7 aromatic carbocycles. The van der Waals surface area contributed by atoms with Crippen LogP contribution in [0.5, 0.6) is 5.75 Å². The van der Waals surface area contributed by atoms with Crippen molar-refractivity contribution >= 4 is 33.7 Å². The number of aliphatic imine (C=N–C) groups is 2. The summed E-state index contributed by atoms with van der Waals surface area (Å²) in [5.41, 5.74) is 6.96. The van der Waals surface area contributed by atoms with Crippen LogP contribution in [0.3, 0.4) is 0 Å². The summed E-state index contributed by atoms with van der Waals surface area (Å²) < 4.78 is 68.8. The number of rotatable bonds is 7. The molecular weight excluding hydrogens is 699 g/mol. The molecule has 0 fully saturated rings. The molecule has 0 aliphatic carbocycles. The van der Waals surface area contributed by atoms with Gasteiger partial charge in [0.05, 0.1) is 39.6 Å². The Bertz CT molecular complexity index is 2660. The highest BCUT2D eigenvalue weighted by Gasteiger charge is 2.35. The lowest BCUT2D eigenvalue weighted by Gasteiger charge is -2.31. The molecule has 266 valence electrons. The van der Waals surface area contributed by atoms with Crippen molar-refractivity contribution in [1.29, 1.82) is 0 Å². The van der Waals surface area contributed by atoms with Gasteiger partial charge in [0, 0.05) is 45.3 Å². The Balaban J connectivity index is 1.22. The van der Waals surface area contributed by atoms with Gasteiger partial charge in [0.2, 0.25) is 6.23 Å². The number of hydrogen-bond acceptors (Lipinski definition) is 3. The molecule has 55 heavy (non-hydrogen) atoms. The number of ether oxygens (including phenoxy) is 1. The summed E-state index contributed by atoms with van der Waals surface area (Å²) >= 11 is 0. The molecule has 0 bridgehead atoms. The van der Waals surface area contributed by atoms with Gasteiger partial charge in [-0.05, 0) is 36.4 Å². The van der Waals surface area contributed by atoms with Crippen LogP contribution in [0.25, 0.3) is 22.2 Å². The quantitative estimate of drug-likeness (QED) is 0.0915. The largest absolute Gasteiger partial charge is 0.465 e. The second-order valence-electron chi connectivity index (χ2n) is 13.1. The third-order valence-corrected chi connectivity index (χ3v) is 9.60. The molecule has 0 N–H and O–H groups in total. The Morgan fingerprint density at radius 2 is 0.945 bits per heavy atom. The molecule has 1 aliphatic heterocycles. The van der Waals surface area contributed by atoms with Crippen molar-refractivity contribution in [1.82, 2.24) is 4.57 Å². The van der Waals surface area contributed by atoms with E-state index >= 15 is 8.78 Å². The van der Waals surface area contributed by atoms with Gasteiger partial charge in [-0.1, -0.05) is 121 Å². The van der Waals surface area contributed by atoms with Crippen LogP contribution < -0.4 is 4.74 Å². The van der Waals surface area contributed by atoms with Crippen LogP contribution in [0.4, 0.5) is 28.9 Å². The number of halogens is 4. The maximum Gasteiger partial charge on any atom is 0.209 e. The molecule has 1 aromatic heterocycles. The van der Waals surface area contributed by atoms with Crippen molar-refractivity contribution in [3.05, 3.63) is 221 Å². The zero-order valence-corrected chi connectivity index (χ0v) is 29.0. The second-order valence-corrected chi connectivity index (χ2v) is 13.1. The van der Waals surface area contributed by atoms with E-state index in [-0.39, 0.29) is 11.8 Å². The van der Waals surface area contributed by atoms with E-state index in [0.29, 0.717) is 39.2 Å². The van der Waals surface area contributed by atoms with Gasteiger partial charge in [-0.3, -0.25) is 0 Å². The third-order valence-electron chi connectivity index (χ3n) is 9.60. The van der Waals surface area contributed by atoms with E-state index in [9.17, 15) is 8.78 Å². The lowest BCUT2D eigenvalue weighted by atomic mass is 10.0. The van der Waals surface area contributed by atoms with Crippen LogP contribution in [0.2, 0.25) is 0 Å². The van der Waals surface area contributed by atoms with Crippen LogP contribution in [-0.2, 0) is 0 Å². The Morgan fingerprint density at radius 3 is 1.44 bits per heavy atom. The van der Waals surface area contributed by atoms with E-state index < -0.39 is 35.1 Å². The number of aromatic nitrogens is 1. The smallest absolute Gasteiger partial charge is 0.209 e. The maximum absolute atomic E-state index is 15.6. The first-order valence-electron chi connectivity index (χ1n) is 17.6. The van der Waals surface area contributed by atoms with Crippen LogP contribution >= 0.6 is 0 Å². The van der Waals surface area contributed by atoms with E-state index in [1.165, 1.54) is 0 Å². The average molecular weight is 728 g/mol. The molecule has 8 aromatic rings. The fraction of sp³-hybridized carbons (Fsp3) is 0.0213. The van der Waals surface area contributed by atoms with Crippen molar-refractivity contribution in [3.8, 4) is 17.0 Å². The fourth-order valence-corrected chi connectivity index (χ4v) is 7.05. The van der Waals surface area contributed by atoms with Crippen molar-refractivity contribution in [2.24, 2.45) is 9.98 Å². The molecule has 8 heteroatoms. The van der Waals surface area contributed by atoms with Crippen LogP contribution in [0.15, 0.2) is 180 Å². The minimum absolute atomic E-state index is 0.197. The monoisotopic (exact) mass is 727 g/mol. The van der Waals surface area contributed by atoms with E-state index in [4.69, 9.17) is 14.7 Å². The summed E-state index contributed by atoms with van der Waals surface area (Å²) in [6.45, 7) is 0. The highest BCUT2D eigenvalue weighted by atomic mass is 19.2. The van der Waals surface area contributed by atoms with Gasteiger partial charge in [-0.25, -0.2) is 27.5 Å². The first-order chi connectivity index (χ1) is 26.9. The van der Waals surface area contributed by atoms with Gasteiger partial charge in [-0.15, -0.1) is 0 Å². The lowest BCUT2D eigenvalue weighted by Crippen LogP contribution is -2.25. The van der Waals surface area contributed by atoms with Gasteiger partial charge in [-0.2, -0.15) is 0 Å². The van der Waals surface area contributed by atoms with Crippen molar-refractivity contribution in [2.45, 2.75) is 6.23 Å². The van der Waals surface area contributed by atoms with E-state index in [2.05, 4.69) is 0 Å². The summed E-state index contributed by atoms with van der Waals surface area (Å²) in [6, 6.07) is 51.8. The summed E-state index contributed by atoms with van der Waals surface area (Å²) in [4.78, 5) is 10.1. The highest BCUT2D eigenvalue weighted by molar-refractivity contribution is 6.14. The van der Waals surface area contributed by atoms with E-state index in [0.717, 1.165) is 28.0 Å². The second kappa shape index (κ2) is 14.1. The molecule has 0 saturated carbocycles. The fourth-order valence-electron chi connectivity index (χ4n) is 7.05. The lowest BCUT2D eigenvalue weighted by molar-refractivity contribution is 0.160. The molecule has 9 rings (SSSR count). The summed E-state index contributed by atoms with van der Waals surface area (Å²) in [7, 11) is 0. The van der Waals surface area contributed by atoms with Crippen LogP contribution in [0.1, 0.15) is 34.0 Å². The van der Waals surface area contributed by atoms with Crippen molar-refractivity contribution in [2.75, 3.05) is 0 Å². The first kappa shape index (κ1) is 33.8. The van der Waals surface area contributed by atoms with Gasteiger partial charge in [0.1, 0.15) is 5.75 Å². The molecule has 0 spiro atoms. The topological polar surface area (TPSA) is 38.9 Å². The van der Waals surface area contributed by atoms with Crippen molar-refractivity contribution in [3.63, 3.8) is 0 Å². The van der Waals surface area contributed by atoms with Gasteiger partial charge in [0.25, 0.3) is 0 Å². The summed E-state index contributed by atoms with van der Waals surface area (Å²) in [5, 5.41) is 0.674. The molecule has 1 atom stereocenters.